The molecule has 0 aromatic heterocycles. The summed E-state index contributed by atoms with van der Waals surface area (Å²) in [6.07, 6.45) is 2.37. The third-order valence-electron chi connectivity index (χ3n) is 6.43. The number of piperidine rings is 1. The zero-order valence-corrected chi connectivity index (χ0v) is 18.8. The van der Waals surface area contributed by atoms with Crippen molar-refractivity contribution in [2.45, 2.75) is 50.5 Å². The van der Waals surface area contributed by atoms with Crippen LogP contribution in [0.25, 0.3) is 0 Å². The van der Waals surface area contributed by atoms with Crippen molar-refractivity contribution in [1.82, 2.24) is 4.90 Å². The van der Waals surface area contributed by atoms with Crippen LogP contribution in [0.4, 0.5) is 0 Å². The van der Waals surface area contributed by atoms with Gasteiger partial charge in [-0.25, -0.2) is 0 Å². The first-order chi connectivity index (χ1) is 14.5. The molecule has 0 aliphatic carbocycles. The van der Waals surface area contributed by atoms with E-state index in [-0.39, 0.29) is 30.1 Å². The van der Waals surface area contributed by atoms with E-state index in [1.807, 2.05) is 55.5 Å². The fraction of sp³-hybridized carbons (Fsp3) is 0.458. The van der Waals surface area contributed by atoms with Crippen LogP contribution in [0, 0.1) is 5.92 Å². The summed E-state index contributed by atoms with van der Waals surface area (Å²) in [6, 6.07) is 16.0. The number of halogens is 2. The number of benzene rings is 2. The van der Waals surface area contributed by atoms with Crippen LogP contribution < -0.4 is 0 Å². The number of hydrogen-bond acceptors (Lipinski definition) is 4. The van der Waals surface area contributed by atoms with Crippen molar-refractivity contribution in [1.29, 1.82) is 0 Å². The average molecular weight is 448 g/mol. The molecule has 2 aliphatic heterocycles. The largest absolute Gasteiger partial charge is 0.466 e. The van der Waals surface area contributed by atoms with Crippen LogP contribution in [0.2, 0.25) is 10.0 Å². The number of ether oxygens (including phenoxy) is 2. The van der Waals surface area contributed by atoms with Crippen LogP contribution in [0.5, 0.6) is 0 Å². The first-order valence-electron chi connectivity index (χ1n) is 10.5. The smallest absolute Gasteiger partial charge is 0.313 e. The number of esters is 1. The molecule has 2 fully saturated rings. The minimum absolute atomic E-state index is 0.156. The van der Waals surface area contributed by atoms with Gasteiger partial charge >= 0.3 is 5.97 Å². The number of hydrogen-bond donors (Lipinski definition) is 0. The van der Waals surface area contributed by atoms with Gasteiger partial charge in [0.25, 0.3) is 0 Å². The fourth-order valence-electron chi connectivity index (χ4n) is 4.91. The molecule has 0 radical (unpaired) electrons. The van der Waals surface area contributed by atoms with Crippen LogP contribution in [0.1, 0.15) is 43.4 Å². The third kappa shape index (κ3) is 4.38. The van der Waals surface area contributed by atoms with Crippen LogP contribution in [-0.4, -0.2) is 42.7 Å². The lowest BCUT2D eigenvalue weighted by Crippen LogP contribution is -2.53. The van der Waals surface area contributed by atoms with Gasteiger partial charge in [0.1, 0.15) is 6.10 Å². The summed E-state index contributed by atoms with van der Waals surface area (Å²) in [4.78, 5) is 15.3. The summed E-state index contributed by atoms with van der Waals surface area (Å²) in [6.45, 7) is 2.22. The molecule has 2 aromatic carbocycles. The Hall–Kier alpha value is -1.59. The van der Waals surface area contributed by atoms with Gasteiger partial charge in [-0.2, -0.15) is 0 Å². The summed E-state index contributed by atoms with van der Waals surface area (Å²) in [5, 5.41) is 1.35. The summed E-state index contributed by atoms with van der Waals surface area (Å²) >= 11 is 12.2. The van der Waals surface area contributed by atoms with Crippen molar-refractivity contribution in [3.8, 4) is 0 Å². The van der Waals surface area contributed by atoms with Gasteiger partial charge in [0.15, 0.2) is 0 Å². The molecule has 160 valence electrons. The first-order valence-corrected chi connectivity index (χ1v) is 11.3. The normalized spacial score (nSPS) is 26.2. The van der Waals surface area contributed by atoms with Crippen molar-refractivity contribution in [2.75, 3.05) is 13.7 Å². The Morgan fingerprint density at radius 3 is 2.13 bits per heavy atom. The molecule has 0 unspecified atom stereocenters. The summed E-state index contributed by atoms with van der Waals surface area (Å²) in [5.41, 5.74) is 1.99. The lowest BCUT2D eigenvalue weighted by atomic mass is 9.87. The molecule has 2 aliphatic rings. The lowest BCUT2D eigenvalue weighted by molar-refractivity contribution is -0.164. The van der Waals surface area contributed by atoms with E-state index in [0.717, 1.165) is 30.4 Å². The number of fused-ring (bicyclic) bond motifs is 2. The Labute approximate surface area is 188 Å². The molecule has 0 amide bonds. The molecule has 2 heterocycles. The van der Waals surface area contributed by atoms with E-state index in [9.17, 15) is 4.79 Å². The van der Waals surface area contributed by atoms with Gasteiger partial charge in [0.05, 0.1) is 18.6 Å². The van der Waals surface area contributed by atoms with E-state index in [2.05, 4.69) is 11.9 Å². The maximum atomic E-state index is 12.9. The molecular formula is C24H27Cl2NO3. The van der Waals surface area contributed by atoms with Crippen LogP contribution >= 0.6 is 23.2 Å². The maximum Gasteiger partial charge on any atom is 0.313 e. The highest BCUT2D eigenvalue weighted by molar-refractivity contribution is 6.30. The van der Waals surface area contributed by atoms with Gasteiger partial charge in [-0.3, -0.25) is 9.69 Å². The molecule has 2 bridgehead atoms. The molecule has 6 heteroatoms. The minimum atomic E-state index is -0.315. The highest BCUT2D eigenvalue weighted by Gasteiger charge is 2.50. The Morgan fingerprint density at radius 1 is 1.03 bits per heavy atom. The fourth-order valence-corrected chi connectivity index (χ4v) is 5.16. The van der Waals surface area contributed by atoms with Crippen molar-refractivity contribution in [2.24, 2.45) is 5.92 Å². The molecule has 30 heavy (non-hydrogen) atoms. The summed E-state index contributed by atoms with van der Waals surface area (Å²) < 4.78 is 12.2. The number of rotatable bonds is 6. The Kier molecular flexibility index (Phi) is 6.69. The lowest BCUT2D eigenvalue weighted by Gasteiger charge is -2.42. The van der Waals surface area contributed by atoms with Crippen molar-refractivity contribution in [3.05, 3.63) is 69.7 Å². The summed E-state index contributed by atoms with van der Waals surface area (Å²) in [7, 11) is 2.11. The van der Waals surface area contributed by atoms with Crippen LogP contribution in [0.3, 0.4) is 0 Å². The molecule has 2 saturated heterocycles. The van der Waals surface area contributed by atoms with Crippen molar-refractivity contribution < 1.29 is 14.3 Å². The highest BCUT2D eigenvalue weighted by Crippen LogP contribution is 2.42. The van der Waals surface area contributed by atoms with E-state index in [1.54, 1.807) is 0 Å². The predicted molar refractivity (Wildman–Crippen MR) is 119 cm³/mol. The molecule has 2 aromatic rings. The SMILES string of the molecule is CCOC(=O)[C@@H]1[C@@H](OC(c2ccc(Cl)cc2)c2ccc(Cl)cc2)C[C@H]2CC[C@@H]1N2C. The molecular weight excluding hydrogens is 421 g/mol. The van der Waals surface area contributed by atoms with E-state index >= 15 is 0 Å². The molecule has 4 nitrogen and oxygen atoms in total. The standard InChI is InChI=1S/C24H27Cl2NO3/c1-3-29-24(28)22-20-13-12-19(27(20)2)14-21(22)30-23(15-4-8-17(25)9-5-15)16-6-10-18(26)11-7-16/h4-11,19-23H,3,12-14H2,1-2H3/t19-,20+,21+,22+/m1/s1. The van der Waals surface area contributed by atoms with Gasteiger partial charge in [-0.1, -0.05) is 47.5 Å². The van der Waals surface area contributed by atoms with Gasteiger partial charge in [-0.05, 0) is 68.6 Å². The van der Waals surface area contributed by atoms with Crippen LogP contribution in [0.15, 0.2) is 48.5 Å². The number of carbonyl (C=O) groups is 1. The van der Waals surface area contributed by atoms with Crippen LogP contribution in [-0.2, 0) is 14.3 Å². The minimum Gasteiger partial charge on any atom is -0.466 e. The van der Waals surface area contributed by atoms with E-state index in [0.29, 0.717) is 22.7 Å². The zero-order valence-electron chi connectivity index (χ0n) is 17.3. The average Bonchev–Trinajstić information content (AvgIpc) is 2.97. The van der Waals surface area contributed by atoms with Crippen molar-refractivity contribution >= 4 is 29.2 Å². The highest BCUT2D eigenvalue weighted by atomic mass is 35.5. The third-order valence-corrected chi connectivity index (χ3v) is 6.93. The number of carbonyl (C=O) groups excluding carboxylic acids is 1. The second-order valence-corrected chi connectivity index (χ2v) is 9.01. The summed E-state index contributed by atoms with van der Waals surface area (Å²) in [5.74, 6) is -0.457. The van der Waals surface area contributed by atoms with Gasteiger partial charge in [-0.15, -0.1) is 0 Å². The first kappa shape index (κ1) is 21.6. The molecule has 0 N–H and O–H groups in total. The Morgan fingerprint density at radius 2 is 1.60 bits per heavy atom. The van der Waals surface area contributed by atoms with Gasteiger partial charge in [0, 0.05) is 22.1 Å². The Balaban J connectivity index is 1.67. The number of nitrogens with zero attached hydrogens (tertiary/aromatic N) is 1. The zero-order chi connectivity index (χ0) is 21.3. The predicted octanol–water partition coefficient (Wildman–Crippen LogP) is 5.51. The second-order valence-electron chi connectivity index (χ2n) is 8.14. The van der Waals surface area contributed by atoms with E-state index in [4.69, 9.17) is 32.7 Å². The Bertz CT molecular complexity index is 826. The quantitative estimate of drug-likeness (QED) is 0.546. The van der Waals surface area contributed by atoms with E-state index < -0.39 is 0 Å². The van der Waals surface area contributed by atoms with Gasteiger partial charge < -0.3 is 9.47 Å². The van der Waals surface area contributed by atoms with E-state index in [1.165, 1.54) is 0 Å². The monoisotopic (exact) mass is 447 g/mol. The topological polar surface area (TPSA) is 38.8 Å². The molecule has 0 saturated carbocycles. The second kappa shape index (κ2) is 9.27. The van der Waals surface area contributed by atoms with Gasteiger partial charge in [0.2, 0.25) is 0 Å². The maximum absolute atomic E-state index is 12.9. The molecule has 4 atom stereocenters. The molecule has 0 spiro atoms. The molecule has 4 rings (SSSR count). The van der Waals surface area contributed by atoms with Crippen molar-refractivity contribution in [3.63, 3.8) is 0 Å².